The van der Waals surface area contributed by atoms with Gasteiger partial charge in [0.2, 0.25) is 5.13 Å². The van der Waals surface area contributed by atoms with Crippen LogP contribution in [0.5, 0.6) is 0 Å². The fourth-order valence-electron chi connectivity index (χ4n) is 1.60. The molecule has 1 aliphatic rings. The van der Waals surface area contributed by atoms with Gasteiger partial charge in [-0.05, 0) is 12.8 Å². The van der Waals surface area contributed by atoms with Crippen molar-refractivity contribution in [1.29, 1.82) is 0 Å². The summed E-state index contributed by atoms with van der Waals surface area (Å²) >= 11 is 1.44. The molecule has 2 rings (SSSR count). The van der Waals surface area contributed by atoms with E-state index in [0.29, 0.717) is 29.7 Å². The molecule has 0 bridgehead atoms. The van der Waals surface area contributed by atoms with Crippen LogP contribution in [-0.2, 0) is 4.79 Å². The Labute approximate surface area is 80.2 Å². The largest absolute Gasteiger partial charge is 0.374 e. The molecule has 1 heterocycles. The van der Waals surface area contributed by atoms with Crippen molar-refractivity contribution >= 4 is 22.3 Å². The smallest absolute Gasteiger partial charge is 0.203 e. The van der Waals surface area contributed by atoms with Crippen LogP contribution in [0.15, 0.2) is 0 Å². The highest BCUT2D eigenvalue weighted by molar-refractivity contribution is 7.15. The molecule has 1 aromatic heterocycles. The van der Waals surface area contributed by atoms with Crippen molar-refractivity contribution in [2.75, 3.05) is 5.73 Å². The summed E-state index contributed by atoms with van der Waals surface area (Å²) in [6, 6.07) is 0. The second kappa shape index (κ2) is 3.41. The van der Waals surface area contributed by atoms with Gasteiger partial charge in [-0.2, -0.15) is 0 Å². The Morgan fingerprint density at radius 1 is 1.31 bits per heavy atom. The Morgan fingerprint density at radius 3 is 2.54 bits per heavy atom. The lowest BCUT2D eigenvalue weighted by Crippen LogP contribution is -2.12. The van der Waals surface area contributed by atoms with Crippen LogP contribution in [0.25, 0.3) is 0 Å². The van der Waals surface area contributed by atoms with Crippen molar-refractivity contribution in [3.63, 3.8) is 0 Å². The van der Waals surface area contributed by atoms with E-state index >= 15 is 0 Å². The molecule has 0 spiro atoms. The molecular weight excluding hydrogens is 186 g/mol. The summed E-state index contributed by atoms with van der Waals surface area (Å²) in [6.07, 6.45) is 3.19. The molecule has 2 N–H and O–H groups in total. The Balaban J connectivity index is 2.06. The maximum Gasteiger partial charge on any atom is 0.203 e. The molecule has 5 heteroatoms. The number of nitrogens with two attached hydrogens (primary N) is 1. The van der Waals surface area contributed by atoms with Crippen LogP contribution in [0.1, 0.15) is 36.6 Å². The monoisotopic (exact) mass is 197 g/mol. The van der Waals surface area contributed by atoms with E-state index in [0.717, 1.165) is 17.8 Å². The summed E-state index contributed by atoms with van der Waals surface area (Å²) in [7, 11) is 0. The summed E-state index contributed by atoms with van der Waals surface area (Å²) in [5, 5.41) is 9.28. The van der Waals surface area contributed by atoms with E-state index in [4.69, 9.17) is 5.73 Å². The third-order valence-corrected chi connectivity index (χ3v) is 3.26. The van der Waals surface area contributed by atoms with Gasteiger partial charge in [0.25, 0.3) is 0 Å². The minimum absolute atomic E-state index is 0.369. The lowest BCUT2D eigenvalue weighted by molar-refractivity contribution is -0.120. The number of hydrogen-bond acceptors (Lipinski definition) is 5. The summed E-state index contributed by atoms with van der Waals surface area (Å²) in [4.78, 5) is 11.0. The summed E-state index contributed by atoms with van der Waals surface area (Å²) in [5.74, 6) is 0.779. The van der Waals surface area contributed by atoms with E-state index in [1.807, 2.05) is 0 Å². The number of nitrogens with zero attached hydrogens (tertiary/aromatic N) is 2. The molecule has 1 saturated carbocycles. The van der Waals surface area contributed by atoms with Crippen LogP contribution in [0.3, 0.4) is 0 Å². The van der Waals surface area contributed by atoms with Gasteiger partial charge in [-0.1, -0.05) is 11.3 Å². The third kappa shape index (κ3) is 1.85. The van der Waals surface area contributed by atoms with Crippen LogP contribution in [0, 0.1) is 0 Å². The van der Waals surface area contributed by atoms with Crippen LogP contribution in [0.2, 0.25) is 0 Å². The maximum absolute atomic E-state index is 11.0. The number of Topliss-reactive ketones (excluding diaryl/α,β-unsaturated/α-hetero) is 1. The van der Waals surface area contributed by atoms with Crippen molar-refractivity contribution in [2.45, 2.75) is 31.6 Å². The standard InChI is InChI=1S/C8H11N3OS/c9-8-11-10-7(13-8)5-1-3-6(12)4-2-5/h5H,1-4H2,(H2,9,11). The lowest BCUT2D eigenvalue weighted by atomic mass is 9.89. The molecule has 0 radical (unpaired) electrons. The van der Waals surface area contributed by atoms with Crippen molar-refractivity contribution in [3.8, 4) is 0 Å². The molecule has 1 aromatic rings. The number of ketones is 1. The van der Waals surface area contributed by atoms with Gasteiger partial charge in [-0.25, -0.2) is 0 Å². The zero-order valence-corrected chi connectivity index (χ0v) is 8.01. The van der Waals surface area contributed by atoms with E-state index < -0.39 is 0 Å². The fourth-order valence-corrected chi connectivity index (χ4v) is 2.38. The number of nitrogen functional groups attached to an aromatic ring is 1. The minimum atomic E-state index is 0.369. The number of hydrogen-bond donors (Lipinski definition) is 1. The third-order valence-electron chi connectivity index (χ3n) is 2.35. The van der Waals surface area contributed by atoms with Gasteiger partial charge < -0.3 is 5.73 Å². The molecule has 0 saturated heterocycles. The topological polar surface area (TPSA) is 68.9 Å². The first-order valence-corrected chi connectivity index (χ1v) is 5.18. The fraction of sp³-hybridized carbons (Fsp3) is 0.625. The summed E-state index contributed by atoms with van der Waals surface area (Å²) in [6.45, 7) is 0. The van der Waals surface area contributed by atoms with Gasteiger partial charge >= 0.3 is 0 Å². The molecule has 0 atom stereocenters. The molecule has 4 nitrogen and oxygen atoms in total. The first-order chi connectivity index (χ1) is 6.25. The van der Waals surface area contributed by atoms with Crippen molar-refractivity contribution < 1.29 is 4.79 Å². The highest BCUT2D eigenvalue weighted by atomic mass is 32.1. The van der Waals surface area contributed by atoms with Crippen LogP contribution >= 0.6 is 11.3 Å². The molecule has 70 valence electrons. The number of anilines is 1. The molecule has 1 aliphatic carbocycles. The van der Waals surface area contributed by atoms with Gasteiger partial charge in [0.15, 0.2) is 0 Å². The van der Waals surface area contributed by atoms with Crippen LogP contribution < -0.4 is 5.73 Å². The van der Waals surface area contributed by atoms with E-state index in [1.54, 1.807) is 0 Å². The van der Waals surface area contributed by atoms with Gasteiger partial charge in [0.1, 0.15) is 10.8 Å². The predicted molar refractivity (Wildman–Crippen MR) is 50.5 cm³/mol. The van der Waals surface area contributed by atoms with E-state index in [-0.39, 0.29) is 0 Å². The zero-order valence-electron chi connectivity index (χ0n) is 7.19. The van der Waals surface area contributed by atoms with E-state index in [2.05, 4.69) is 10.2 Å². The normalized spacial score (nSPS) is 19.2. The Bertz CT molecular complexity index is 313. The van der Waals surface area contributed by atoms with E-state index in [1.165, 1.54) is 11.3 Å². The lowest BCUT2D eigenvalue weighted by Gasteiger charge is -2.17. The van der Waals surface area contributed by atoms with Crippen molar-refractivity contribution in [3.05, 3.63) is 5.01 Å². The number of carbonyl (C=O) groups is 1. The summed E-state index contributed by atoms with van der Waals surface area (Å²) in [5.41, 5.74) is 5.49. The molecular formula is C8H11N3OS. The van der Waals surface area contributed by atoms with E-state index in [9.17, 15) is 4.79 Å². The number of rotatable bonds is 1. The maximum atomic E-state index is 11.0. The molecule has 0 unspecified atom stereocenters. The van der Waals surface area contributed by atoms with Gasteiger partial charge in [0.05, 0.1) is 0 Å². The number of aromatic nitrogens is 2. The average molecular weight is 197 g/mol. The highest BCUT2D eigenvalue weighted by Gasteiger charge is 2.22. The average Bonchev–Trinajstić information content (AvgIpc) is 2.53. The highest BCUT2D eigenvalue weighted by Crippen LogP contribution is 2.33. The number of carbonyl (C=O) groups excluding carboxylic acids is 1. The predicted octanol–water partition coefficient (Wildman–Crippen LogP) is 1.35. The molecule has 1 fully saturated rings. The zero-order chi connectivity index (χ0) is 9.26. The molecule has 0 aromatic carbocycles. The summed E-state index contributed by atoms with van der Waals surface area (Å²) < 4.78 is 0. The van der Waals surface area contributed by atoms with Crippen molar-refractivity contribution in [2.24, 2.45) is 0 Å². The van der Waals surface area contributed by atoms with Crippen LogP contribution in [-0.4, -0.2) is 16.0 Å². The van der Waals surface area contributed by atoms with Gasteiger partial charge in [0, 0.05) is 18.8 Å². The van der Waals surface area contributed by atoms with Gasteiger partial charge in [-0.15, -0.1) is 10.2 Å². The van der Waals surface area contributed by atoms with Gasteiger partial charge in [-0.3, -0.25) is 4.79 Å². The van der Waals surface area contributed by atoms with Crippen molar-refractivity contribution in [1.82, 2.24) is 10.2 Å². The second-order valence-electron chi connectivity index (χ2n) is 3.29. The first-order valence-electron chi connectivity index (χ1n) is 4.36. The Kier molecular flexibility index (Phi) is 2.26. The second-order valence-corrected chi connectivity index (χ2v) is 4.33. The Morgan fingerprint density at radius 2 is 2.00 bits per heavy atom. The van der Waals surface area contributed by atoms with Crippen LogP contribution in [0.4, 0.5) is 5.13 Å². The Hall–Kier alpha value is -0.970. The molecule has 0 aliphatic heterocycles. The minimum Gasteiger partial charge on any atom is -0.374 e. The quantitative estimate of drug-likeness (QED) is 0.737. The SMILES string of the molecule is Nc1nnc(C2CCC(=O)CC2)s1. The molecule has 13 heavy (non-hydrogen) atoms. The first kappa shape index (κ1) is 8.62. The molecule has 0 amide bonds.